The first-order valence-corrected chi connectivity index (χ1v) is 12.7. The van der Waals surface area contributed by atoms with Crippen LogP contribution in [0.25, 0.3) is 6.08 Å². The number of hydrogen-bond acceptors (Lipinski definition) is 5. The molecule has 3 aromatic rings. The van der Waals surface area contributed by atoms with Gasteiger partial charge in [0.25, 0.3) is 17.7 Å². The van der Waals surface area contributed by atoms with Crippen molar-refractivity contribution >= 4 is 73.1 Å². The van der Waals surface area contributed by atoms with Crippen molar-refractivity contribution in [1.29, 1.82) is 0 Å². The minimum absolute atomic E-state index is 0.198. The van der Waals surface area contributed by atoms with Gasteiger partial charge in [-0.2, -0.15) is 0 Å². The Balaban J connectivity index is 1.47. The number of ether oxygens (including phenoxy) is 1. The van der Waals surface area contributed by atoms with Crippen molar-refractivity contribution in [2.75, 3.05) is 16.8 Å². The lowest BCUT2D eigenvalue weighted by atomic mass is 10.1. The van der Waals surface area contributed by atoms with Crippen LogP contribution in [-0.4, -0.2) is 30.4 Å². The van der Waals surface area contributed by atoms with Crippen LogP contribution in [0.15, 0.2) is 75.2 Å². The van der Waals surface area contributed by atoms with Crippen molar-refractivity contribution < 1.29 is 23.9 Å². The van der Waals surface area contributed by atoms with E-state index < -0.39 is 17.8 Å². The highest BCUT2D eigenvalue weighted by Crippen LogP contribution is 2.29. The predicted molar refractivity (Wildman–Crippen MR) is 147 cm³/mol. The van der Waals surface area contributed by atoms with Gasteiger partial charge in [-0.25, -0.2) is 9.69 Å². The zero-order valence-corrected chi connectivity index (χ0v) is 23.0. The highest BCUT2D eigenvalue weighted by Gasteiger charge is 2.36. The standard InChI is InChI=1S/C27H21Br2N3O5/c1-15-3-9-22(16(2)11-15)30-24(33)14-37-23-10-4-17(13-21(23)29)12-20-25(34)31-27(36)32(26(20)35)19-7-5-18(28)6-8-19/h3-13H,14H2,1-2H3,(H,30,33)(H,31,34,36)/b20-12+. The summed E-state index contributed by atoms with van der Waals surface area (Å²) >= 11 is 6.71. The fraction of sp³-hybridized carbons (Fsp3) is 0.111. The second-order valence-corrected chi connectivity index (χ2v) is 10.0. The third-order valence-corrected chi connectivity index (χ3v) is 6.62. The van der Waals surface area contributed by atoms with Crippen molar-refractivity contribution in [1.82, 2.24) is 5.32 Å². The van der Waals surface area contributed by atoms with Gasteiger partial charge in [0, 0.05) is 10.2 Å². The van der Waals surface area contributed by atoms with Gasteiger partial charge in [-0.05, 0) is 89.4 Å². The third-order valence-electron chi connectivity index (χ3n) is 5.47. The quantitative estimate of drug-likeness (QED) is 0.277. The molecule has 1 aliphatic rings. The lowest BCUT2D eigenvalue weighted by molar-refractivity contribution is -0.122. The molecule has 0 aliphatic carbocycles. The predicted octanol–water partition coefficient (Wildman–Crippen LogP) is 5.51. The highest BCUT2D eigenvalue weighted by atomic mass is 79.9. The first-order chi connectivity index (χ1) is 17.6. The Morgan fingerprint density at radius 2 is 1.73 bits per heavy atom. The van der Waals surface area contributed by atoms with Gasteiger partial charge in [0.1, 0.15) is 11.3 Å². The molecule has 0 unspecified atom stereocenters. The summed E-state index contributed by atoms with van der Waals surface area (Å²) in [6.07, 6.45) is 1.39. The molecule has 0 bridgehead atoms. The summed E-state index contributed by atoms with van der Waals surface area (Å²) in [6, 6.07) is 16.4. The number of imide groups is 2. The summed E-state index contributed by atoms with van der Waals surface area (Å²) in [5, 5.41) is 5.02. The van der Waals surface area contributed by atoms with Crippen LogP contribution in [0.2, 0.25) is 0 Å². The fourth-order valence-corrected chi connectivity index (χ4v) is 4.43. The number of urea groups is 1. The molecule has 4 rings (SSSR count). The van der Waals surface area contributed by atoms with Crippen LogP contribution >= 0.6 is 31.9 Å². The van der Waals surface area contributed by atoms with Gasteiger partial charge >= 0.3 is 6.03 Å². The number of anilines is 2. The van der Waals surface area contributed by atoms with Gasteiger partial charge < -0.3 is 10.1 Å². The Bertz CT molecular complexity index is 1450. The Kier molecular flexibility index (Phi) is 7.89. The largest absolute Gasteiger partial charge is 0.483 e. The minimum atomic E-state index is -0.821. The van der Waals surface area contributed by atoms with Gasteiger partial charge in [-0.3, -0.25) is 19.7 Å². The molecule has 0 aromatic heterocycles. The van der Waals surface area contributed by atoms with E-state index in [0.717, 1.165) is 20.5 Å². The maximum atomic E-state index is 13.0. The lowest BCUT2D eigenvalue weighted by Gasteiger charge is -2.26. The number of halogens is 2. The Labute approximate surface area is 229 Å². The van der Waals surface area contributed by atoms with E-state index in [1.807, 2.05) is 32.0 Å². The first-order valence-electron chi connectivity index (χ1n) is 11.1. The Morgan fingerprint density at radius 1 is 1.00 bits per heavy atom. The van der Waals surface area contributed by atoms with Crippen molar-refractivity contribution in [3.8, 4) is 5.75 Å². The van der Waals surface area contributed by atoms with Gasteiger partial charge in [0.05, 0.1) is 10.2 Å². The molecule has 0 radical (unpaired) electrons. The van der Waals surface area contributed by atoms with Gasteiger partial charge in [-0.1, -0.05) is 39.7 Å². The van der Waals surface area contributed by atoms with Crippen LogP contribution in [0.1, 0.15) is 16.7 Å². The van der Waals surface area contributed by atoms with Crippen LogP contribution in [0.5, 0.6) is 5.75 Å². The van der Waals surface area contributed by atoms with E-state index in [9.17, 15) is 19.2 Å². The van der Waals surface area contributed by atoms with Crippen LogP contribution in [0.3, 0.4) is 0 Å². The second kappa shape index (κ2) is 11.1. The topological polar surface area (TPSA) is 105 Å². The van der Waals surface area contributed by atoms with Crippen molar-refractivity contribution in [2.24, 2.45) is 0 Å². The van der Waals surface area contributed by atoms with E-state index in [0.29, 0.717) is 27.2 Å². The number of benzene rings is 3. The summed E-state index contributed by atoms with van der Waals surface area (Å²) in [5.74, 6) is -1.44. The average molecular weight is 627 g/mol. The minimum Gasteiger partial charge on any atom is -0.483 e. The van der Waals surface area contributed by atoms with Gasteiger partial charge in [-0.15, -0.1) is 0 Å². The number of nitrogens with zero attached hydrogens (tertiary/aromatic N) is 1. The molecule has 0 saturated carbocycles. The fourth-order valence-electron chi connectivity index (χ4n) is 3.66. The molecule has 1 fully saturated rings. The highest BCUT2D eigenvalue weighted by molar-refractivity contribution is 9.10. The van der Waals surface area contributed by atoms with E-state index in [4.69, 9.17) is 4.74 Å². The molecule has 3 aromatic carbocycles. The van der Waals surface area contributed by atoms with Crippen LogP contribution < -0.4 is 20.3 Å². The monoisotopic (exact) mass is 625 g/mol. The zero-order valence-electron chi connectivity index (χ0n) is 19.8. The number of aryl methyl sites for hydroxylation is 2. The molecule has 1 heterocycles. The molecule has 0 atom stereocenters. The Hall–Kier alpha value is -3.76. The summed E-state index contributed by atoms with van der Waals surface area (Å²) in [7, 11) is 0. The maximum absolute atomic E-state index is 13.0. The Morgan fingerprint density at radius 3 is 2.41 bits per heavy atom. The van der Waals surface area contributed by atoms with Crippen LogP contribution in [-0.2, 0) is 14.4 Å². The normalized spacial score (nSPS) is 14.5. The van der Waals surface area contributed by atoms with Crippen LogP contribution in [0.4, 0.5) is 16.2 Å². The van der Waals surface area contributed by atoms with Crippen molar-refractivity contribution in [3.05, 3.63) is 91.9 Å². The maximum Gasteiger partial charge on any atom is 0.335 e. The van der Waals surface area contributed by atoms with E-state index in [2.05, 4.69) is 42.5 Å². The molecular formula is C27H21Br2N3O5. The summed E-state index contributed by atoms with van der Waals surface area (Å²) in [5.41, 5.74) is 3.41. The van der Waals surface area contributed by atoms with Gasteiger partial charge in [0.2, 0.25) is 0 Å². The molecule has 37 heavy (non-hydrogen) atoms. The number of carbonyl (C=O) groups is 4. The summed E-state index contributed by atoms with van der Waals surface area (Å²) in [4.78, 5) is 51.1. The van der Waals surface area contributed by atoms with E-state index in [1.54, 1.807) is 42.5 Å². The third kappa shape index (κ3) is 6.15. The molecule has 10 heteroatoms. The van der Waals surface area contributed by atoms with Gasteiger partial charge in [0.15, 0.2) is 6.61 Å². The molecule has 2 N–H and O–H groups in total. The number of barbiturate groups is 1. The SMILES string of the molecule is Cc1ccc(NC(=O)COc2ccc(/C=C3\C(=O)NC(=O)N(c4ccc(Br)cc4)C3=O)cc2Br)c(C)c1. The molecule has 1 saturated heterocycles. The zero-order chi connectivity index (χ0) is 26.7. The van der Waals surface area contributed by atoms with E-state index in [-0.39, 0.29) is 18.1 Å². The molecule has 1 aliphatic heterocycles. The van der Waals surface area contributed by atoms with Crippen molar-refractivity contribution in [3.63, 3.8) is 0 Å². The van der Waals surface area contributed by atoms with E-state index >= 15 is 0 Å². The average Bonchev–Trinajstić information content (AvgIpc) is 2.84. The second-order valence-electron chi connectivity index (χ2n) is 8.28. The molecule has 0 spiro atoms. The number of rotatable bonds is 6. The van der Waals surface area contributed by atoms with E-state index in [1.165, 1.54) is 6.08 Å². The summed E-state index contributed by atoms with van der Waals surface area (Å²) in [6.45, 7) is 3.68. The number of carbonyl (C=O) groups excluding carboxylic acids is 4. The molecule has 8 nitrogen and oxygen atoms in total. The lowest BCUT2D eigenvalue weighted by Crippen LogP contribution is -2.54. The van der Waals surface area contributed by atoms with Crippen LogP contribution in [0, 0.1) is 13.8 Å². The molecule has 5 amide bonds. The van der Waals surface area contributed by atoms with Crippen molar-refractivity contribution in [2.45, 2.75) is 13.8 Å². The molecule has 188 valence electrons. The first kappa shape index (κ1) is 26.3. The number of nitrogens with one attached hydrogen (secondary N) is 2. The summed E-state index contributed by atoms with van der Waals surface area (Å²) < 4.78 is 6.94. The molecular weight excluding hydrogens is 606 g/mol. The number of hydrogen-bond donors (Lipinski definition) is 2. The smallest absolute Gasteiger partial charge is 0.335 e. The number of amides is 5.